The van der Waals surface area contributed by atoms with E-state index in [0.29, 0.717) is 28.2 Å². The molecule has 9 heteroatoms. The molecule has 0 spiro atoms. The molecule has 0 radical (unpaired) electrons. The normalized spacial score (nSPS) is 10.4. The summed E-state index contributed by atoms with van der Waals surface area (Å²) in [5.41, 5.74) is 5.65. The van der Waals surface area contributed by atoms with Crippen molar-refractivity contribution < 1.29 is 14.1 Å². The number of benzene rings is 1. The summed E-state index contributed by atoms with van der Waals surface area (Å²) in [6.07, 6.45) is 0.186. The maximum absolute atomic E-state index is 11.2. The van der Waals surface area contributed by atoms with Crippen LogP contribution in [0.3, 0.4) is 0 Å². The summed E-state index contributed by atoms with van der Waals surface area (Å²) in [5, 5.41) is 6.52. The Morgan fingerprint density at radius 2 is 2.05 bits per heavy atom. The van der Waals surface area contributed by atoms with Crippen LogP contribution >= 0.6 is 23.4 Å². The van der Waals surface area contributed by atoms with Gasteiger partial charge in [-0.05, 0) is 24.3 Å². The average molecular weight is 341 g/mol. The fraction of sp³-hybridized carbons (Fsp3) is 0.231. The maximum Gasteiger partial charge on any atom is 0.318 e. The van der Waals surface area contributed by atoms with E-state index in [2.05, 4.69) is 10.1 Å². The van der Waals surface area contributed by atoms with E-state index in [9.17, 15) is 9.59 Å². The zero-order valence-corrected chi connectivity index (χ0v) is 13.0. The lowest BCUT2D eigenvalue weighted by Crippen LogP contribution is -2.35. The number of hydrogen-bond donors (Lipinski definition) is 2. The molecule has 0 saturated heterocycles. The number of aromatic nitrogens is 2. The van der Waals surface area contributed by atoms with E-state index >= 15 is 0 Å². The summed E-state index contributed by atoms with van der Waals surface area (Å²) in [4.78, 5) is 25.9. The molecular weight excluding hydrogens is 328 g/mol. The highest BCUT2D eigenvalue weighted by Crippen LogP contribution is 2.20. The van der Waals surface area contributed by atoms with E-state index < -0.39 is 11.9 Å². The predicted molar refractivity (Wildman–Crippen MR) is 83.2 cm³/mol. The minimum absolute atomic E-state index is 0.186. The van der Waals surface area contributed by atoms with Gasteiger partial charge in [-0.2, -0.15) is 16.7 Å². The van der Waals surface area contributed by atoms with Crippen LogP contribution in [0.2, 0.25) is 5.02 Å². The van der Waals surface area contributed by atoms with Gasteiger partial charge < -0.3 is 10.3 Å². The zero-order chi connectivity index (χ0) is 15.9. The van der Waals surface area contributed by atoms with Gasteiger partial charge in [0.25, 0.3) is 0 Å². The summed E-state index contributed by atoms with van der Waals surface area (Å²) in [5.74, 6) is 1.53. The number of amides is 3. The van der Waals surface area contributed by atoms with Gasteiger partial charge in [0.2, 0.25) is 17.6 Å². The van der Waals surface area contributed by atoms with Crippen LogP contribution in [-0.4, -0.2) is 27.8 Å². The molecule has 1 aromatic heterocycles. The smallest absolute Gasteiger partial charge is 0.318 e. The molecular formula is C13H13ClN4O3S. The number of urea groups is 1. The van der Waals surface area contributed by atoms with E-state index in [1.165, 1.54) is 11.8 Å². The number of carbonyl (C=O) groups excluding carboxylic acids is 2. The van der Waals surface area contributed by atoms with Crippen molar-refractivity contribution in [2.45, 2.75) is 12.2 Å². The Hall–Kier alpha value is -2.06. The van der Waals surface area contributed by atoms with Crippen LogP contribution in [0.5, 0.6) is 0 Å². The molecule has 0 bridgehead atoms. The Kier molecular flexibility index (Phi) is 5.79. The highest BCUT2D eigenvalue weighted by Gasteiger charge is 2.09. The van der Waals surface area contributed by atoms with E-state index in [0.717, 1.165) is 5.56 Å². The summed E-state index contributed by atoms with van der Waals surface area (Å²) < 4.78 is 5.13. The van der Waals surface area contributed by atoms with Gasteiger partial charge >= 0.3 is 6.03 Å². The van der Waals surface area contributed by atoms with Crippen LogP contribution in [0.4, 0.5) is 4.79 Å². The topological polar surface area (TPSA) is 111 Å². The van der Waals surface area contributed by atoms with E-state index in [1.54, 1.807) is 24.3 Å². The molecule has 1 aromatic carbocycles. The Morgan fingerprint density at radius 3 is 2.73 bits per heavy atom. The van der Waals surface area contributed by atoms with E-state index in [4.69, 9.17) is 21.9 Å². The maximum atomic E-state index is 11.2. The largest absolute Gasteiger partial charge is 0.351 e. The lowest BCUT2D eigenvalue weighted by molar-refractivity contribution is -0.119. The van der Waals surface area contributed by atoms with Crippen molar-refractivity contribution in [2.75, 3.05) is 5.75 Å². The standard InChI is InChI=1S/C13H13ClN4O3S/c14-9-3-1-8(2-4-9)12-17-11(21-18-12)7-22-6-5-10(19)16-13(15)20/h1-4H,5-7H2,(H3,15,16,19,20). The van der Waals surface area contributed by atoms with Crippen molar-refractivity contribution in [1.29, 1.82) is 0 Å². The van der Waals surface area contributed by atoms with Crippen molar-refractivity contribution in [3.63, 3.8) is 0 Å². The molecule has 0 unspecified atom stereocenters. The van der Waals surface area contributed by atoms with Gasteiger partial charge in [0.15, 0.2) is 0 Å². The van der Waals surface area contributed by atoms with Crippen molar-refractivity contribution in [3.8, 4) is 11.4 Å². The Labute approximate surface area is 135 Å². The van der Waals surface area contributed by atoms with Gasteiger partial charge in [-0.25, -0.2) is 4.79 Å². The summed E-state index contributed by atoms with van der Waals surface area (Å²) in [7, 11) is 0. The summed E-state index contributed by atoms with van der Waals surface area (Å²) in [6.45, 7) is 0. The highest BCUT2D eigenvalue weighted by molar-refractivity contribution is 7.98. The first-order chi connectivity index (χ1) is 10.5. The van der Waals surface area contributed by atoms with Gasteiger partial charge in [-0.3, -0.25) is 10.1 Å². The molecule has 2 aromatic rings. The molecule has 1 heterocycles. The van der Waals surface area contributed by atoms with Crippen molar-refractivity contribution in [3.05, 3.63) is 35.2 Å². The van der Waals surface area contributed by atoms with Crippen LogP contribution < -0.4 is 11.1 Å². The quantitative estimate of drug-likeness (QED) is 0.780. The number of imide groups is 1. The molecule has 0 aliphatic heterocycles. The number of thioether (sulfide) groups is 1. The van der Waals surface area contributed by atoms with Crippen molar-refractivity contribution >= 4 is 35.3 Å². The summed E-state index contributed by atoms with van der Waals surface area (Å²) >= 11 is 7.26. The Balaban J connectivity index is 1.79. The number of nitrogens with two attached hydrogens (primary N) is 1. The van der Waals surface area contributed by atoms with Gasteiger partial charge in [0.1, 0.15) is 0 Å². The molecule has 0 aliphatic rings. The first kappa shape index (κ1) is 16.3. The molecule has 0 aliphatic carbocycles. The third-order valence-electron chi connectivity index (χ3n) is 2.53. The average Bonchev–Trinajstić information content (AvgIpc) is 2.92. The second-order valence-corrected chi connectivity index (χ2v) is 5.78. The number of primary amides is 1. The lowest BCUT2D eigenvalue weighted by Gasteiger charge is -1.99. The zero-order valence-electron chi connectivity index (χ0n) is 11.4. The van der Waals surface area contributed by atoms with Crippen LogP contribution in [0.1, 0.15) is 12.3 Å². The third-order valence-corrected chi connectivity index (χ3v) is 3.73. The molecule has 7 nitrogen and oxygen atoms in total. The molecule has 116 valence electrons. The van der Waals surface area contributed by atoms with Crippen LogP contribution in [-0.2, 0) is 10.5 Å². The van der Waals surface area contributed by atoms with Crippen LogP contribution in [0.25, 0.3) is 11.4 Å². The minimum Gasteiger partial charge on any atom is -0.351 e. The third kappa shape index (κ3) is 5.05. The van der Waals surface area contributed by atoms with Gasteiger partial charge in [0, 0.05) is 22.8 Å². The number of carbonyl (C=O) groups is 2. The van der Waals surface area contributed by atoms with Crippen molar-refractivity contribution in [1.82, 2.24) is 15.5 Å². The fourth-order valence-electron chi connectivity index (χ4n) is 1.55. The SMILES string of the molecule is NC(=O)NC(=O)CCSCc1nc(-c2ccc(Cl)cc2)no1. The van der Waals surface area contributed by atoms with Crippen LogP contribution in [0, 0.1) is 0 Å². The molecule has 3 amide bonds. The number of nitrogens with zero attached hydrogens (tertiary/aromatic N) is 2. The first-order valence-corrected chi connectivity index (χ1v) is 7.83. The fourth-order valence-corrected chi connectivity index (χ4v) is 2.45. The van der Waals surface area contributed by atoms with Gasteiger partial charge in [0.05, 0.1) is 5.75 Å². The monoisotopic (exact) mass is 340 g/mol. The molecule has 22 heavy (non-hydrogen) atoms. The van der Waals surface area contributed by atoms with E-state index in [-0.39, 0.29) is 6.42 Å². The Morgan fingerprint density at radius 1 is 1.32 bits per heavy atom. The number of rotatable bonds is 6. The molecule has 0 fully saturated rings. The number of halogens is 1. The highest BCUT2D eigenvalue weighted by atomic mass is 35.5. The summed E-state index contributed by atoms with van der Waals surface area (Å²) in [6, 6.07) is 6.26. The molecule has 3 N–H and O–H groups in total. The second-order valence-electron chi connectivity index (χ2n) is 4.23. The number of hydrogen-bond acceptors (Lipinski definition) is 6. The molecule has 0 atom stereocenters. The van der Waals surface area contributed by atoms with Crippen LogP contribution in [0.15, 0.2) is 28.8 Å². The molecule has 2 rings (SSSR count). The lowest BCUT2D eigenvalue weighted by atomic mass is 10.2. The minimum atomic E-state index is -0.848. The second kappa shape index (κ2) is 7.81. The Bertz CT molecular complexity index is 660. The van der Waals surface area contributed by atoms with Crippen molar-refractivity contribution in [2.24, 2.45) is 5.73 Å². The number of nitrogens with one attached hydrogen (secondary N) is 1. The predicted octanol–water partition coefficient (Wildman–Crippen LogP) is 2.21. The molecule has 0 saturated carbocycles. The van der Waals surface area contributed by atoms with E-state index in [1.807, 2.05) is 5.32 Å². The van der Waals surface area contributed by atoms with Gasteiger partial charge in [-0.1, -0.05) is 16.8 Å². The van der Waals surface area contributed by atoms with Gasteiger partial charge in [-0.15, -0.1) is 0 Å². The first-order valence-electron chi connectivity index (χ1n) is 6.30.